The largest absolute Gasteiger partial charge is 0.476 e. The molecule has 0 bridgehead atoms. The van der Waals surface area contributed by atoms with Gasteiger partial charge in [-0.15, -0.1) is 10.1 Å². The molecule has 0 aliphatic carbocycles. The van der Waals surface area contributed by atoms with Gasteiger partial charge in [-0.1, -0.05) is 6.58 Å². The molecule has 0 heterocycles. The molecule has 0 aliphatic rings. The first-order valence-corrected chi connectivity index (χ1v) is 1.78. The molecule has 9 heavy (non-hydrogen) atoms. The summed E-state index contributed by atoms with van der Waals surface area (Å²) < 4.78 is 0. The van der Waals surface area contributed by atoms with Crippen LogP contribution in [0.5, 0.6) is 0 Å². The number of rotatable bonds is 3. The van der Waals surface area contributed by atoms with Gasteiger partial charge in [-0.2, -0.15) is 0 Å². The highest BCUT2D eigenvalue weighted by Gasteiger charge is 2.07. The quantitative estimate of drug-likeness (QED) is 0.249. The van der Waals surface area contributed by atoms with Gasteiger partial charge in [0.15, 0.2) is 0 Å². The van der Waals surface area contributed by atoms with E-state index in [0.29, 0.717) is 0 Å². The monoisotopic (exact) mass is 133 g/mol. The summed E-state index contributed by atoms with van der Waals surface area (Å²) in [6.45, 7) is 2.73. The number of nitrogens with zero attached hydrogens (tertiary/aromatic N) is 1. The summed E-state index contributed by atoms with van der Waals surface area (Å²) in [5, 5.41) is 16.0. The SMILES string of the molecule is C=C(O[N+](=O)[O-])C(=O)O. The fraction of sp³-hybridized carbons (Fsp3) is 0. The zero-order chi connectivity index (χ0) is 7.44. The summed E-state index contributed by atoms with van der Waals surface area (Å²) in [5.41, 5.74) is 0. The van der Waals surface area contributed by atoms with Crippen molar-refractivity contribution in [2.75, 3.05) is 0 Å². The van der Waals surface area contributed by atoms with Gasteiger partial charge in [0.2, 0.25) is 5.76 Å². The summed E-state index contributed by atoms with van der Waals surface area (Å²) in [5.74, 6) is -2.45. The normalized spacial score (nSPS) is 8.00. The lowest BCUT2D eigenvalue weighted by atomic mass is 10.6. The van der Waals surface area contributed by atoms with Crippen molar-refractivity contribution in [3.8, 4) is 0 Å². The molecule has 0 spiro atoms. The van der Waals surface area contributed by atoms with E-state index in [9.17, 15) is 14.9 Å². The van der Waals surface area contributed by atoms with Crippen LogP contribution in [0.25, 0.3) is 0 Å². The lowest BCUT2D eigenvalue weighted by Crippen LogP contribution is -2.07. The van der Waals surface area contributed by atoms with Crippen LogP contribution >= 0.6 is 0 Å². The molecule has 0 saturated heterocycles. The molecule has 0 aromatic rings. The second kappa shape index (κ2) is 2.65. The van der Waals surface area contributed by atoms with Crippen LogP contribution in [0.1, 0.15) is 0 Å². The Labute approximate surface area is 49.5 Å². The van der Waals surface area contributed by atoms with Crippen molar-refractivity contribution >= 4 is 5.97 Å². The van der Waals surface area contributed by atoms with Crippen LogP contribution in [0.4, 0.5) is 0 Å². The summed E-state index contributed by atoms with van der Waals surface area (Å²) in [4.78, 5) is 22.5. The highest BCUT2D eigenvalue weighted by molar-refractivity contribution is 5.83. The van der Waals surface area contributed by atoms with Crippen molar-refractivity contribution in [1.29, 1.82) is 0 Å². The van der Waals surface area contributed by atoms with E-state index in [0.717, 1.165) is 0 Å². The molecule has 0 amide bonds. The van der Waals surface area contributed by atoms with Crippen LogP contribution in [-0.4, -0.2) is 16.2 Å². The zero-order valence-electron chi connectivity index (χ0n) is 4.23. The molecule has 0 aliphatic heterocycles. The topological polar surface area (TPSA) is 89.7 Å². The summed E-state index contributed by atoms with van der Waals surface area (Å²) in [6.07, 6.45) is 0. The van der Waals surface area contributed by atoms with E-state index >= 15 is 0 Å². The molecule has 0 fully saturated rings. The van der Waals surface area contributed by atoms with Gasteiger partial charge in [0.1, 0.15) is 0 Å². The molecule has 0 aromatic heterocycles. The Morgan fingerprint density at radius 2 is 2.22 bits per heavy atom. The van der Waals surface area contributed by atoms with Gasteiger partial charge in [-0.05, 0) is 0 Å². The predicted molar refractivity (Wildman–Crippen MR) is 24.9 cm³/mol. The van der Waals surface area contributed by atoms with Crippen LogP contribution in [0, 0.1) is 10.1 Å². The number of carboxylic acids is 1. The fourth-order valence-corrected chi connectivity index (χ4v) is 0.129. The van der Waals surface area contributed by atoms with Crippen molar-refractivity contribution < 1.29 is 19.8 Å². The molecule has 0 saturated carbocycles. The van der Waals surface area contributed by atoms with Gasteiger partial charge in [-0.25, -0.2) is 4.79 Å². The highest BCUT2D eigenvalue weighted by Crippen LogP contribution is 1.91. The molecule has 0 aromatic carbocycles. The minimum absolute atomic E-state index is 0.903. The van der Waals surface area contributed by atoms with E-state index < -0.39 is 16.8 Å². The molecule has 6 heteroatoms. The van der Waals surface area contributed by atoms with E-state index in [1.807, 2.05) is 0 Å². The fourth-order valence-electron chi connectivity index (χ4n) is 0.129. The Kier molecular flexibility index (Phi) is 2.18. The summed E-state index contributed by atoms with van der Waals surface area (Å²) >= 11 is 0. The summed E-state index contributed by atoms with van der Waals surface area (Å²) in [7, 11) is 0. The molecule has 0 radical (unpaired) electrons. The third-order valence-corrected chi connectivity index (χ3v) is 0.423. The second-order valence-corrected chi connectivity index (χ2v) is 1.04. The Morgan fingerprint density at radius 3 is 2.33 bits per heavy atom. The zero-order valence-corrected chi connectivity index (χ0v) is 4.23. The molecular weight excluding hydrogens is 130 g/mol. The standard InChI is InChI=1S/C3H3NO5/c1-2(3(5)6)9-4(7)8/h1H2,(H,5,6). The Bertz CT molecular complexity index is 162. The number of aliphatic carboxylic acids is 1. The Morgan fingerprint density at radius 1 is 1.78 bits per heavy atom. The first-order chi connectivity index (χ1) is 4.04. The van der Waals surface area contributed by atoms with Crippen molar-refractivity contribution in [3.05, 3.63) is 22.5 Å². The van der Waals surface area contributed by atoms with Gasteiger partial charge in [0, 0.05) is 0 Å². The van der Waals surface area contributed by atoms with Gasteiger partial charge in [0.25, 0.3) is 5.09 Å². The third-order valence-electron chi connectivity index (χ3n) is 0.423. The van der Waals surface area contributed by atoms with E-state index in [1.165, 1.54) is 0 Å². The number of carboxylic acid groups (broad SMARTS) is 1. The second-order valence-electron chi connectivity index (χ2n) is 1.04. The minimum atomic E-state index is -1.55. The molecular formula is C3H3NO5. The first kappa shape index (κ1) is 7.41. The van der Waals surface area contributed by atoms with E-state index in [2.05, 4.69) is 11.4 Å². The molecule has 0 atom stereocenters. The highest BCUT2D eigenvalue weighted by atomic mass is 17.0. The first-order valence-electron chi connectivity index (χ1n) is 1.78. The minimum Gasteiger partial charge on any atom is -0.476 e. The molecule has 0 rings (SSSR count). The number of hydrogen-bond acceptors (Lipinski definition) is 4. The lowest BCUT2D eigenvalue weighted by molar-refractivity contribution is -0.741. The van der Waals surface area contributed by atoms with Crippen LogP contribution in [-0.2, 0) is 9.63 Å². The molecule has 1 N–H and O–H groups in total. The number of hydrogen-bond donors (Lipinski definition) is 1. The van der Waals surface area contributed by atoms with Crippen molar-refractivity contribution in [3.63, 3.8) is 0 Å². The van der Waals surface area contributed by atoms with Crippen LogP contribution < -0.4 is 0 Å². The lowest BCUT2D eigenvalue weighted by Gasteiger charge is -1.92. The maximum atomic E-state index is 9.71. The number of carbonyl (C=O) groups is 1. The van der Waals surface area contributed by atoms with Crippen LogP contribution in [0.15, 0.2) is 12.3 Å². The van der Waals surface area contributed by atoms with E-state index in [1.54, 1.807) is 0 Å². The van der Waals surface area contributed by atoms with Crippen molar-refractivity contribution in [1.82, 2.24) is 0 Å². The maximum Gasteiger partial charge on any atom is 0.358 e. The van der Waals surface area contributed by atoms with E-state index in [-0.39, 0.29) is 0 Å². The molecule has 50 valence electrons. The third kappa shape index (κ3) is 3.03. The van der Waals surface area contributed by atoms with Gasteiger partial charge >= 0.3 is 5.97 Å². The van der Waals surface area contributed by atoms with Gasteiger partial charge in [0.05, 0.1) is 0 Å². The predicted octanol–water partition coefficient (Wildman–Crippen LogP) is -0.207. The average molecular weight is 133 g/mol. The maximum absolute atomic E-state index is 9.71. The van der Waals surface area contributed by atoms with Crippen LogP contribution in [0.3, 0.4) is 0 Å². The van der Waals surface area contributed by atoms with Gasteiger partial charge < -0.3 is 5.11 Å². The average Bonchev–Trinajstić information content (AvgIpc) is 1.63. The molecule has 6 nitrogen and oxygen atoms in total. The Balaban J connectivity index is 3.79. The van der Waals surface area contributed by atoms with Crippen molar-refractivity contribution in [2.24, 2.45) is 0 Å². The van der Waals surface area contributed by atoms with E-state index in [4.69, 9.17) is 5.11 Å². The summed E-state index contributed by atoms with van der Waals surface area (Å²) in [6, 6.07) is 0. The molecule has 0 unspecified atom stereocenters. The smallest absolute Gasteiger partial charge is 0.358 e. The Hall–Kier alpha value is -1.59. The van der Waals surface area contributed by atoms with Gasteiger partial charge in [-0.3, -0.25) is 4.84 Å². The van der Waals surface area contributed by atoms with Crippen molar-refractivity contribution in [2.45, 2.75) is 0 Å². The van der Waals surface area contributed by atoms with Crippen LogP contribution in [0.2, 0.25) is 0 Å².